The van der Waals surface area contributed by atoms with Crippen molar-refractivity contribution in [3.63, 3.8) is 0 Å². The summed E-state index contributed by atoms with van der Waals surface area (Å²) in [6, 6.07) is 2.19. The summed E-state index contributed by atoms with van der Waals surface area (Å²) in [6.07, 6.45) is 6.54. The number of rotatable bonds is 7. The van der Waals surface area contributed by atoms with Crippen molar-refractivity contribution in [3.8, 4) is 0 Å². The number of carbonyl (C=O) groups excluding carboxylic acids is 2. The molecule has 1 heterocycles. The first-order valence-corrected chi connectivity index (χ1v) is 7.88. The van der Waals surface area contributed by atoms with Crippen LogP contribution < -0.4 is 5.32 Å². The van der Waals surface area contributed by atoms with Crippen molar-refractivity contribution in [1.82, 2.24) is 5.32 Å². The number of ether oxygens (including phenoxy) is 1. The number of hydrogen-bond acceptors (Lipinski definition) is 6. The fourth-order valence-corrected chi connectivity index (χ4v) is 2.43. The third-order valence-electron chi connectivity index (χ3n) is 3.76. The predicted octanol–water partition coefficient (Wildman–Crippen LogP) is 2.74. The number of allylic oxidation sites excluding steroid dienone is 1. The van der Waals surface area contributed by atoms with Crippen molar-refractivity contribution in [2.45, 2.75) is 45.1 Å². The van der Waals surface area contributed by atoms with Gasteiger partial charge in [-0.3, -0.25) is 14.9 Å². The minimum absolute atomic E-state index is 0.311. The summed E-state index contributed by atoms with van der Waals surface area (Å²) in [6.45, 7) is 1.92. The Kier molecular flexibility index (Phi) is 6.11. The van der Waals surface area contributed by atoms with Gasteiger partial charge >= 0.3 is 11.9 Å². The molecule has 0 unspecified atom stereocenters. The van der Waals surface area contributed by atoms with Crippen LogP contribution in [0.2, 0.25) is 0 Å². The van der Waals surface area contributed by atoms with Gasteiger partial charge in [0.1, 0.15) is 4.92 Å². The predicted molar refractivity (Wildman–Crippen MR) is 84.4 cm³/mol. The van der Waals surface area contributed by atoms with Crippen LogP contribution in [0.3, 0.4) is 0 Å². The van der Waals surface area contributed by atoms with E-state index in [1.807, 2.05) is 0 Å². The smallest absolute Gasteiger partial charge is 0.433 e. The van der Waals surface area contributed by atoms with E-state index in [1.54, 1.807) is 0 Å². The molecule has 1 aliphatic rings. The molecule has 2 rings (SSSR count). The summed E-state index contributed by atoms with van der Waals surface area (Å²) in [7, 11) is 0. The van der Waals surface area contributed by atoms with Crippen molar-refractivity contribution in [1.29, 1.82) is 0 Å². The van der Waals surface area contributed by atoms with Gasteiger partial charge in [0, 0.05) is 6.54 Å². The third kappa shape index (κ3) is 4.94. The highest BCUT2D eigenvalue weighted by Gasteiger charge is 2.23. The number of carbonyl (C=O) groups is 2. The van der Waals surface area contributed by atoms with Gasteiger partial charge < -0.3 is 14.5 Å². The molecule has 8 heteroatoms. The number of nitrogens with zero attached hydrogens (tertiary/aromatic N) is 1. The number of esters is 1. The van der Waals surface area contributed by atoms with Crippen molar-refractivity contribution in [2.24, 2.45) is 0 Å². The molecule has 1 amide bonds. The van der Waals surface area contributed by atoms with Crippen molar-refractivity contribution < 1.29 is 23.7 Å². The van der Waals surface area contributed by atoms with Crippen LogP contribution >= 0.6 is 0 Å². The Hall–Kier alpha value is -2.64. The Labute approximate surface area is 139 Å². The Bertz CT molecular complexity index is 649. The SMILES string of the molecule is C[C@H](OC(=O)c1ccc([N+](=O)[O-])o1)C(=O)NCCC1=CCCCC1. The highest BCUT2D eigenvalue weighted by Crippen LogP contribution is 2.19. The molecule has 0 radical (unpaired) electrons. The van der Waals surface area contributed by atoms with Crippen LogP contribution in [0.5, 0.6) is 0 Å². The van der Waals surface area contributed by atoms with Gasteiger partial charge in [-0.1, -0.05) is 11.6 Å². The van der Waals surface area contributed by atoms with Crippen LogP contribution in [-0.4, -0.2) is 29.4 Å². The minimum atomic E-state index is -1.01. The molecule has 0 aliphatic heterocycles. The van der Waals surface area contributed by atoms with Gasteiger partial charge in [0.25, 0.3) is 5.91 Å². The van der Waals surface area contributed by atoms with Crippen LogP contribution in [0.25, 0.3) is 0 Å². The standard InChI is InChI=1S/C16H20N2O6/c1-11(15(19)17-10-9-12-5-3-2-4-6-12)23-16(20)13-7-8-14(24-13)18(21)22/h5,7-8,11H,2-4,6,9-10H2,1H3,(H,17,19)/t11-/m0/s1. The monoisotopic (exact) mass is 336 g/mol. The Morgan fingerprint density at radius 1 is 1.42 bits per heavy atom. The molecule has 1 aromatic heterocycles. The molecular weight excluding hydrogens is 316 g/mol. The molecular formula is C16H20N2O6. The maximum atomic E-state index is 11.9. The lowest BCUT2D eigenvalue weighted by molar-refractivity contribution is -0.402. The van der Waals surface area contributed by atoms with E-state index in [-0.39, 0.29) is 5.76 Å². The lowest BCUT2D eigenvalue weighted by Crippen LogP contribution is -2.36. The summed E-state index contributed by atoms with van der Waals surface area (Å²) >= 11 is 0. The molecule has 1 aromatic rings. The second-order valence-electron chi connectivity index (χ2n) is 5.59. The van der Waals surface area contributed by atoms with E-state index in [4.69, 9.17) is 9.15 Å². The summed E-state index contributed by atoms with van der Waals surface area (Å²) in [4.78, 5) is 33.5. The van der Waals surface area contributed by atoms with Gasteiger partial charge in [-0.05, 0) is 45.1 Å². The van der Waals surface area contributed by atoms with Crippen LogP contribution in [0.15, 0.2) is 28.2 Å². The quantitative estimate of drug-likeness (QED) is 0.355. The molecule has 24 heavy (non-hydrogen) atoms. The van der Waals surface area contributed by atoms with Gasteiger partial charge in [-0.15, -0.1) is 0 Å². The van der Waals surface area contributed by atoms with Crippen molar-refractivity contribution in [3.05, 3.63) is 39.7 Å². The van der Waals surface area contributed by atoms with Gasteiger partial charge in [0.15, 0.2) is 6.10 Å². The average molecular weight is 336 g/mol. The topological polar surface area (TPSA) is 112 Å². The summed E-state index contributed by atoms with van der Waals surface area (Å²) in [5, 5.41) is 13.2. The molecule has 1 atom stereocenters. The van der Waals surface area contributed by atoms with Crippen molar-refractivity contribution >= 4 is 17.8 Å². The first-order valence-electron chi connectivity index (χ1n) is 7.88. The lowest BCUT2D eigenvalue weighted by atomic mass is 9.97. The van der Waals surface area contributed by atoms with Crippen LogP contribution in [0.1, 0.15) is 49.6 Å². The van der Waals surface area contributed by atoms with E-state index in [1.165, 1.54) is 25.3 Å². The zero-order valence-electron chi connectivity index (χ0n) is 13.4. The van der Waals surface area contributed by atoms with E-state index in [2.05, 4.69) is 11.4 Å². The van der Waals surface area contributed by atoms with E-state index >= 15 is 0 Å². The van der Waals surface area contributed by atoms with E-state index in [0.29, 0.717) is 6.54 Å². The molecule has 0 bridgehead atoms. The van der Waals surface area contributed by atoms with Crippen molar-refractivity contribution in [2.75, 3.05) is 6.54 Å². The Morgan fingerprint density at radius 3 is 2.83 bits per heavy atom. The normalized spacial score (nSPS) is 15.3. The number of amides is 1. The number of hydrogen-bond donors (Lipinski definition) is 1. The molecule has 8 nitrogen and oxygen atoms in total. The average Bonchev–Trinajstić information content (AvgIpc) is 3.06. The molecule has 0 spiro atoms. The van der Waals surface area contributed by atoms with Gasteiger partial charge in [-0.25, -0.2) is 4.79 Å². The van der Waals surface area contributed by atoms with Crippen LogP contribution in [-0.2, 0) is 9.53 Å². The molecule has 1 aliphatic carbocycles. The number of furan rings is 1. The first-order chi connectivity index (χ1) is 11.5. The van der Waals surface area contributed by atoms with E-state index in [0.717, 1.165) is 31.4 Å². The fraction of sp³-hybridized carbons (Fsp3) is 0.500. The molecule has 1 N–H and O–H groups in total. The Balaban J connectivity index is 1.76. The zero-order valence-corrected chi connectivity index (χ0v) is 13.4. The number of nitro groups is 1. The van der Waals surface area contributed by atoms with E-state index in [9.17, 15) is 19.7 Å². The van der Waals surface area contributed by atoms with Crippen LogP contribution in [0, 0.1) is 10.1 Å². The lowest BCUT2D eigenvalue weighted by Gasteiger charge is -2.15. The zero-order chi connectivity index (χ0) is 17.5. The fourth-order valence-electron chi connectivity index (χ4n) is 2.43. The van der Waals surface area contributed by atoms with Crippen LogP contribution in [0.4, 0.5) is 5.88 Å². The summed E-state index contributed by atoms with van der Waals surface area (Å²) < 4.78 is 9.69. The number of nitrogens with one attached hydrogen (secondary N) is 1. The van der Waals surface area contributed by atoms with E-state index < -0.39 is 28.8 Å². The molecule has 0 saturated heterocycles. The molecule has 0 aromatic carbocycles. The Morgan fingerprint density at radius 2 is 2.21 bits per heavy atom. The van der Waals surface area contributed by atoms with Gasteiger partial charge in [0.2, 0.25) is 5.76 Å². The molecule has 130 valence electrons. The maximum absolute atomic E-state index is 11.9. The summed E-state index contributed by atoms with van der Waals surface area (Å²) in [5.74, 6) is -2.20. The second kappa shape index (κ2) is 8.28. The highest BCUT2D eigenvalue weighted by molar-refractivity contribution is 5.90. The van der Waals surface area contributed by atoms with Gasteiger partial charge in [0.05, 0.1) is 6.07 Å². The second-order valence-corrected chi connectivity index (χ2v) is 5.59. The largest absolute Gasteiger partial charge is 0.447 e. The third-order valence-corrected chi connectivity index (χ3v) is 3.76. The first kappa shape index (κ1) is 17.7. The highest BCUT2D eigenvalue weighted by atomic mass is 16.7. The molecule has 0 saturated carbocycles. The minimum Gasteiger partial charge on any atom is -0.447 e. The molecule has 0 fully saturated rings. The maximum Gasteiger partial charge on any atom is 0.433 e. The van der Waals surface area contributed by atoms with Gasteiger partial charge in [-0.2, -0.15) is 0 Å². The summed E-state index contributed by atoms with van der Waals surface area (Å²) in [5.41, 5.74) is 1.34.